The summed E-state index contributed by atoms with van der Waals surface area (Å²) in [6.07, 6.45) is 0. The summed E-state index contributed by atoms with van der Waals surface area (Å²) in [4.78, 5) is -0.0883. The Morgan fingerprint density at radius 2 is 1.59 bits per heavy atom. The van der Waals surface area contributed by atoms with Crippen molar-refractivity contribution in [2.24, 2.45) is 0 Å². The van der Waals surface area contributed by atoms with Gasteiger partial charge in [-0.05, 0) is 55.7 Å². The summed E-state index contributed by atoms with van der Waals surface area (Å²) < 4.78 is 27.4. The van der Waals surface area contributed by atoms with Crippen LogP contribution >= 0.6 is 23.2 Å². The number of hydrogen-bond acceptors (Lipinski definition) is 3. The van der Waals surface area contributed by atoms with Gasteiger partial charge in [0.25, 0.3) is 10.0 Å². The highest BCUT2D eigenvalue weighted by Gasteiger charge is 2.21. The average molecular weight is 360 g/mol. The van der Waals surface area contributed by atoms with Crippen molar-refractivity contribution >= 4 is 38.9 Å². The van der Waals surface area contributed by atoms with Crippen LogP contribution in [-0.2, 0) is 10.0 Å². The van der Waals surface area contributed by atoms with Crippen molar-refractivity contribution < 1.29 is 13.5 Å². The first-order valence-corrected chi connectivity index (χ1v) is 8.64. The third kappa shape index (κ3) is 3.32. The first-order chi connectivity index (χ1) is 10.1. The van der Waals surface area contributed by atoms with Gasteiger partial charge < -0.3 is 5.11 Å². The van der Waals surface area contributed by atoms with Crippen LogP contribution < -0.4 is 4.72 Å². The minimum absolute atomic E-state index is 0.0203. The number of nitrogens with one attached hydrogen (secondary N) is 1. The molecule has 0 aliphatic heterocycles. The fraction of sp³-hybridized carbons (Fsp3) is 0.200. The molecular weight excluding hydrogens is 345 g/mol. The SMILES string of the molecule is Cc1cc(C)c(O)c(NS(=O)(=O)c2cc(C)c(Cl)cc2Cl)c1. The van der Waals surface area contributed by atoms with E-state index < -0.39 is 10.0 Å². The third-order valence-corrected chi connectivity index (χ3v) is 5.43. The number of aromatic hydroxyl groups is 1. The predicted molar refractivity (Wildman–Crippen MR) is 89.6 cm³/mol. The number of sulfonamides is 1. The largest absolute Gasteiger partial charge is 0.505 e. The van der Waals surface area contributed by atoms with E-state index in [0.717, 1.165) is 5.56 Å². The number of rotatable bonds is 3. The first kappa shape index (κ1) is 16.9. The van der Waals surface area contributed by atoms with Gasteiger partial charge in [0, 0.05) is 5.02 Å². The molecule has 0 atom stereocenters. The molecule has 7 heteroatoms. The third-order valence-electron chi connectivity index (χ3n) is 3.19. The monoisotopic (exact) mass is 359 g/mol. The number of benzene rings is 2. The molecule has 0 aromatic heterocycles. The molecule has 0 saturated heterocycles. The number of hydrogen-bond donors (Lipinski definition) is 2. The maximum atomic E-state index is 12.5. The fourth-order valence-corrected chi connectivity index (χ4v) is 3.96. The fourth-order valence-electron chi connectivity index (χ4n) is 2.07. The molecule has 2 rings (SSSR count). The molecule has 0 fully saturated rings. The molecular formula is C15H15Cl2NO3S. The Kier molecular flexibility index (Phi) is 4.61. The Hall–Kier alpha value is -1.43. The summed E-state index contributed by atoms with van der Waals surface area (Å²) in [5.74, 6) is -0.115. The van der Waals surface area contributed by atoms with Crippen LogP contribution in [0.4, 0.5) is 5.69 Å². The maximum Gasteiger partial charge on any atom is 0.263 e. The van der Waals surface area contributed by atoms with E-state index in [0.29, 0.717) is 16.1 Å². The summed E-state index contributed by atoms with van der Waals surface area (Å²) in [6, 6.07) is 6.09. The van der Waals surface area contributed by atoms with Crippen LogP contribution in [0.15, 0.2) is 29.2 Å². The van der Waals surface area contributed by atoms with Crippen molar-refractivity contribution in [2.75, 3.05) is 4.72 Å². The van der Waals surface area contributed by atoms with Crippen LogP contribution in [0.5, 0.6) is 5.75 Å². The van der Waals surface area contributed by atoms with E-state index in [1.54, 1.807) is 26.0 Å². The molecule has 0 aliphatic carbocycles. The van der Waals surface area contributed by atoms with Gasteiger partial charge in [-0.2, -0.15) is 0 Å². The van der Waals surface area contributed by atoms with Gasteiger partial charge in [-0.3, -0.25) is 4.72 Å². The van der Waals surface area contributed by atoms with Gasteiger partial charge in [-0.15, -0.1) is 0 Å². The highest BCUT2D eigenvalue weighted by atomic mass is 35.5. The predicted octanol–water partition coefficient (Wildman–Crippen LogP) is 4.43. The van der Waals surface area contributed by atoms with Gasteiger partial charge >= 0.3 is 0 Å². The quantitative estimate of drug-likeness (QED) is 0.796. The Bertz CT molecular complexity index is 848. The number of halogens is 2. The molecule has 118 valence electrons. The van der Waals surface area contributed by atoms with Gasteiger partial charge in [0.1, 0.15) is 10.6 Å². The van der Waals surface area contributed by atoms with Crippen molar-refractivity contribution in [3.8, 4) is 5.75 Å². The lowest BCUT2D eigenvalue weighted by atomic mass is 10.1. The van der Waals surface area contributed by atoms with Crippen molar-refractivity contribution in [3.05, 3.63) is 51.0 Å². The minimum Gasteiger partial charge on any atom is -0.505 e. The highest BCUT2D eigenvalue weighted by molar-refractivity contribution is 7.92. The van der Waals surface area contributed by atoms with E-state index in [1.807, 2.05) is 6.92 Å². The standard InChI is InChI=1S/C15H15Cl2NO3S/c1-8-4-10(3)15(19)13(5-8)18-22(20,21)14-6-9(2)11(16)7-12(14)17/h4-7,18-19H,1-3H3. The molecule has 0 saturated carbocycles. The van der Waals surface area contributed by atoms with Crippen LogP contribution in [0.1, 0.15) is 16.7 Å². The Balaban J connectivity index is 2.52. The molecule has 0 radical (unpaired) electrons. The van der Waals surface area contributed by atoms with Crippen molar-refractivity contribution in [1.29, 1.82) is 0 Å². The van der Waals surface area contributed by atoms with Crippen LogP contribution in [-0.4, -0.2) is 13.5 Å². The van der Waals surface area contributed by atoms with Crippen molar-refractivity contribution in [2.45, 2.75) is 25.7 Å². The summed E-state index contributed by atoms with van der Waals surface area (Å²) in [5.41, 5.74) is 2.11. The zero-order valence-electron chi connectivity index (χ0n) is 12.2. The lowest BCUT2D eigenvalue weighted by Gasteiger charge is -2.14. The zero-order valence-corrected chi connectivity index (χ0v) is 14.6. The lowest BCUT2D eigenvalue weighted by molar-refractivity contribution is 0.473. The Morgan fingerprint density at radius 1 is 0.955 bits per heavy atom. The second kappa shape index (κ2) is 5.99. The number of phenols is 1. The summed E-state index contributed by atoms with van der Waals surface area (Å²) in [6.45, 7) is 5.19. The van der Waals surface area contributed by atoms with Crippen LogP contribution in [0.25, 0.3) is 0 Å². The van der Waals surface area contributed by atoms with Crippen molar-refractivity contribution in [1.82, 2.24) is 0 Å². The number of aryl methyl sites for hydroxylation is 3. The van der Waals surface area contributed by atoms with Gasteiger partial charge in [-0.25, -0.2) is 8.42 Å². The van der Waals surface area contributed by atoms with Gasteiger partial charge in [-0.1, -0.05) is 29.3 Å². The molecule has 2 aromatic rings. The first-order valence-electron chi connectivity index (χ1n) is 6.40. The molecule has 22 heavy (non-hydrogen) atoms. The molecule has 0 amide bonds. The number of anilines is 1. The zero-order chi connectivity index (χ0) is 16.7. The second-order valence-electron chi connectivity index (χ2n) is 5.12. The van der Waals surface area contributed by atoms with Gasteiger partial charge in [0.05, 0.1) is 10.7 Å². The lowest BCUT2D eigenvalue weighted by Crippen LogP contribution is -2.14. The maximum absolute atomic E-state index is 12.5. The minimum atomic E-state index is -3.94. The molecule has 0 spiro atoms. The summed E-state index contributed by atoms with van der Waals surface area (Å²) in [5, 5.41) is 10.4. The van der Waals surface area contributed by atoms with E-state index >= 15 is 0 Å². The van der Waals surface area contributed by atoms with E-state index in [4.69, 9.17) is 23.2 Å². The molecule has 0 aliphatic rings. The molecule has 2 N–H and O–H groups in total. The molecule has 0 bridgehead atoms. The number of phenolic OH excluding ortho intramolecular Hbond substituents is 1. The van der Waals surface area contributed by atoms with E-state index in [9.17, 15) is 13.5 Å². The molecule has 2 aromatic carbocycles. The van der Waals surface area contributed by atoms with Crippen LogP contribution in [0, 0.1) is 20.8 Å². The summed E-state index contributed by atoms with van der Waals surface area (Å²) in [7, 11) is -3.94. The normalized spacial score (nSPS) is 11.5. The average Bonchev–Trinajstić information content (AvgIpc) is 2.39. The van der Waals surface area contributed by atoms with E-state index in [-0.39, 0.29) is 21.4 Å². The Morgan fingerprint density at radius 3 is 2.23 bits per heavy atom. The van der Waals surface area contributed by atoms with Crippen molar-refractivity contribution in [3.63, 3.8) is 0 Å². The molecule has 0 unspecified atom stereocenters. The Labute approximate surface area is 139 Å². The van der Waals surface area contributed by atoms with Crippen LogP contribution in [0.3, 0.4) is 0 Å². The molecule has 0 heterocycles. The van der Waals surface area contributed by atoms with Crippen LogP contribution in [0.2, 0.25) is 10.0 Å². The summed E-state index contributed by atoms with van der Waals surface area (Å²) >= 11 is 11.9. The highest BCUT2D eigenvalue weighted by Crippen LogP contribution is 2.33. The van der Waals surface area contributed by atoms with Gasteiger partial charge in [0.15, 0.2) is 0 Å². The molecule has 4 nitrogen and oxygen atoms in total. The van der Waals surface area contributed by atoms with E-state index in [2.05, 4.69) is 4.72 Å². The van der Waals surface area contributed by atoms with E-state index in [1.165, 1.54) is 12.1 Å². The topological polar surface area (TPSA) is 66.4 Å². The van der Waals surface area contributed by atoms with Gasteiger partial charge in [0.2, 0.25) is 0 Å². The smallest absolute Gasteiger partial charge is 0.263 e. The second-order valence-corrected chi connectivity index (χ2v) is 7.58.